The second-order valence-corrected chi connectivity index (χ2v) is 5.98. The summed E-state index contributed by atoms with van der Waals surface area (Å²) in [5.41, 5.74) is 3.21. The number of aromatic nitrogens is 2. The van der Waals surface area contributed by atoms with Crippen molar-refractivity contribution in [2.75, 3.05) is 26.2 Å². The summed E-state index contributed by atoms with van der Waals surface area (Å²) in [4.78, 5) is 20.4. The smallest absolute Gasteiger partial charge is 0.251 e. The molecule has 1 saturated heterocycles. The van der Waals surface area contributed by atoms with Gasteiger partial charge in [-0.3, -0.25) is 9.69 Å². The molecule has 1 amide bonds. The maximum absolute atomic E-state index is 11.8. The highest BCUT2D eigenvalue weighted by atomic mass is 16.3. The van der Waals surface area contributed by atoms with Crippen LogP contribution in [-0.2, 0) is 11.3 Å². The van der Waals surface area contributed by atoms with Crippen molar-refractivity contribution in [2.45, 2.75) is 26.5 Å². The van der Waals surface area contributed by atoms with Crippen LogP contribution in [0, 0.1) is 6.92 Å². The number of imidazole rings is 1. The molecule has 0 spiro atoms. The first-order valence-corrected chi connectivity index (χ1v) is 7.66. The Morgan fingerprint density at radius 1 is 1.27 bits per heavy atom. The zero-order chi connectivity index (χ0) is 15.7. The van der Waals surface area contributed by atoms with Crippen molar-refractivity contribution in [3.05, 3.63) is 35.8 Å². The molecular formula is C16H22N4O2. The molecule has 1 N–H and O–H groups in total. The number of hydrogen-bond donors (Lipinski definition) is 1. The molecule has 6 nitrogen and oxygen atoms in total. The van der Waals surface area contributed by atoms with Crippen molar-refractivity contribution < 1.29 is 9.90 Å². The molecule has 6 heteroatoms. The van der Waals surface area contributed by atoms with Crippen LogP contribution < -0.4 is 0 Å². The third kappa shape index (κ3) is 3.13. The van der Waals surface area contributed by atoms with Gasteiger partial charge >= 0.3 is 0 Å². The molecule has 0 aromatic carbocycles. The molecule has 22 heavy (non-hydrogen) atoms. The number of fused-ring (bicyclic) bond motifs is 1. The summed E-state index contributed by atoms with van der Waals surface area (Å²) >= 11 is 0. The number of aryl methyl sites for hydroxylation is 1. The number of aliphatic hydroxyl groups excluding tert-OH is 1. The van der Waals surface area contributed by atoms with Gasteiger partial charge < -0.3 is 14.4 Å². The molecule has 0 bridgehead atoms. The maximum atomic E-state index is 11.8. The minimum Gasteiger partial charge on any atom is -0.384 e. The molecule has 3 rings (SSSR count). The van der Waals surface area contributed by atoms with Gasteiger partial charge in [-0.2, -0.15) is 0 Å². The van der Waals surface area contributed by atoms with Gasteiger partial charge in [-0.1, -0.05) is 6.07 Å². The molecule has 1 fully saturated rings. The fraction of sp³-hybridized carbons (Fsp3) is 0.500. The Hall–Kier alpha value is -1.92. The van der Waals surface area contributed by atoms with E-state index >= 15 is 0 Å². The Bertz CT molecular complexity index is 672. The molecule has 2 aromatic rings. The minimum absolute atomic E-state index is 0.178. The van der Waals surface area contributed by atoms with Crippen molar-refractivity contribution >= 4 is 11.6 Å². The zero-order valence-corrected chi connectivity index (χ0v) is 13.1. The molecule has 3 heterocycles. The highest BCUT2D eigenvalue weighted by molar-refractivity contribution is 5.80. The van der Waals surface area contributed by atoms with Gasteiger partial charge in [-0.05, 0) is 25.5 Å². The number of pyridine rings is 1. The summed E-state index contributed by atoms with van der Waals surface area (Å²) in [5.74, 6) is -0.178. The van der Waals surface area contributed by atoms with Crippen LogP contribution >= 0.6 is 0 Å². The zero-order valence-electron chi connectivity index (χ0n) is 13.1. The lowest BCUT2D eigenvalue weighted by Gasteiger charge is -2.34. The Morgan fingerprint density at radius 2 is 2.00 bits per heavy atom. The number of rotatable bonds is 3. The van der Waals surface area contributed by atoms with Gasteiger partial charge in [0.2, 0.25) is 0 Å². The molecule has 0 aliphatic carbocycles. The molecule has 0 saturated carbocycles. The van der Waals surface area contributed by atoms with Crippen LogP contribution in [0.1, 0.15) is 18.2 Å². The number of piperazine rings is 1. The summed E-state index contributed by atoms with van der Waals surface area (Å²) in [5, 5.41) is 9.36. The van der Waals surface area contributed by atoms with Crippen LogP contribution in [0.4, 0.5) is 0 Å². The summed E-state index contributed by atoms with van der Waals surface area (Å²) in [6.07, 6.45) is 3.23. The first kappa shape index (κ1) is 15.0. The Kier molecular flexibility index (Phi) is 4.13. The van der Waals surface area contributed by atoms with Gasteiger partial charge in [-0.15, -0.1) is 0 Å². The average Bonchev–Trinajstić information content (AvgIpc) is 2.88. The molecule has 0 radical (unpaired) electrons. The van der Waals surface area contributed by atoms with Gasteiger partial charge in [0.15, 0.2) is 0 Å². The molecule has 118 valence electrons. The fourth-order valence-corrected chi connectivity index (χ4v) is 2.85. The summed E-state index contributed by atoms with van der Waals surface area (Å²) in [6, 6.07) is 4.09. The summed E-state index contributed by atoms with van der Waals surface area (Å²) < 4.78 is 2.05. The normalized spacial score (nSPS) is 17.9. The van der Waals surface area contributed by atoms with Gasteiger partial charge in [-0.25, -0.2) is 4.98 Å². The fourth-order valence-electron chi connectivity index (χ4n) is 2.85. The van der Waals surface area contributed by atoms with E-state index in [0.29, 0.717) is 13.1 Å². The number of carbonyl (C=O) groups excluding carboxylic acids is 1. The number of aliphatic hydroxyl groups is 1. The lowest BCUT2D eigenvalue weighted by Crippen LogP contribution is -2.50. The first-order chi connectivity index (χ1) is 10.5. The van der Waals surface area contributed by atoms with E-state index in [1.165, 1.54) is 12.5 Å². The van der Waals surface area contributed by atoms with Crippen LogP contribution in [0.2, 0.25) is 0 Å². The minimum atomic E-state index is -0.909. The molecule has 2 aromatic heterocycles. The second-order valence-electron chi connectivity index (χ2n) is 5.98. The van der Waals surface area contributed by atoms with Gasteiger partial charge in [0.1, 0.15) is 11.8 Å². The van der Waals surface area contributed by atoms with Crippen LogP contribution in [0.15, 0.2) is 24.5 Å². The molecular weight excluding hydrogens is 280 g/mol. The summed E-state index contributed by atoms with van der Waals surface area (Å²) in [6.45, 7) is 7.32. The standard InChI is InChI=1S/C16H22N4O2/c1-12-3-4-15-17-14(11-20(15)9-12)10-18-5-7-19(8-6-18)16(22)13(2)21/h3-4,9,11,13,21H,5-8,10H2,1-2H3. The third-order valence-electron chi connectivity index (χ3n) is 4.08. The molecule has 1 unspecified atom stereocenters. The Morgan fingerprint density at radius 3 is 2.68 bits per heavy atom. The van der Waals surface area contributed by atoms with Crippen molar-refractivity contribution in [3.63, 3.8) is 0 Å². The number of amides is 1. The van der Waals surface area contributed by atoms with E-state index in [0.717, 1.165) is 31.0 Å². The summed E-state index contributed by atoms with van der Waals surface area (Å²) in [7, 11) is 0. The second kappa shape index (κ2) is 6.06. The van der Waals surface area contributed by atoms with Crippen molar-refractivity contribution in [3.8, 4) is 0 Å². The number of hydrogen-bond acceptors (Lipinski definition) is 4. The van der Waals surface area contributed by atoms with Crippen molar-refractivity contribution in [2.24, 2.45) is 0 Å². The van der Waals surface area contributed by atoms with E-state index in [1.54, 1.807) is 4.90 Å². The first-order valence-electron chi connectivity index (χ1n) is 7.66. The SMILES string of the molecule is Cc1ccc2nc(CN3CCN(C(=O)C(C)O)CC3)cn2c1. The number of nitrogens with zero attached hydrogens (tertiary/aromatic N) is 4. The maximum Gasteiger partial charge on any atom is 0.251 e. The molecule has 1 aliphatic heterocycles. The molecule has 1 aliphatic rings. The van der Waals surface area contributed by atoms with Crippen LogP contribution in [0.5, 0.6) is 0 Å². The van der Waals surface area contributed by atoms with E-state index in [4.69, 9.17) is 0 Å². The largest absolute Gasteiger partial charge is 0.384 e. The topological polar surface area (TPSA) is 61.1 Å². The van der Waals surface area contributed by atoms with Gasteiger partial charge in [0.05, 0.1) is 5.69 Å². The quantitative estimate of drug-likeness (QED) is 0.905. The predicted molar refractivity (Wildman–Crippen MR) is 83.5 cm³/mol. The van der Waals surface area contributed by atoms with Gasteiger partial charge in [0, 0.05) is 45.1 Å². The Balaban J connectivity index is 1.61. The lowest BCUT2D eigenvalue weighted by molar-refractivity contribution is -0.141. The van der Waals surface area contributed by atoms with Crippen molar-refractivity contribution in [1.29, 1.82) is 0 Å². The highest BCUT2D eigenvalue weighted by Crippen LogP contribution is 2.11. The Labute approximate surface area is 130 Å². The van der Waals surface area contributed by atoms with Gasteiger partial charge in [0.25, 0.3) is 5.91 Å². The lowest BCUT2D eigenvalue weighted by atomic mass is 10.2. The van der Waals surface area contributed by atoms with Crippen LogP contribution in [-0.4, -0.2) is 62.5 Å². The average molecular weight is 302 g/mol. The third-order valence-corrected chi connectivity index (χ3v) is 4.08. The van der Waals surface area contributed by atoms with E-state index in [-0.39, 0.29) is 5.91 Å². The predicted octanol–water partition coefficient (Wildman–Crippen LogP) is 0.668. The van der Waals surface area contributed by atoms with Crippen LogP contribution in [0.25, 0.3) is 5.65 Å². The van der Waals surface area contributed by atoms with E-state index in [9.17, 15) is 9.90 Å². The number of carbonyl (C=O) groups is 1. The highest BCUT2D eigenvalue weighted by Gasteiger charge is 2.24. The monoisotopic (exact) mass is 302 g/mol. The van der Waals surface area contributed by atoms with Crippen LogP contribution in [0.3, 0.4) is 0 Å². The van der Waals surface area contributed by atoms with E-state index in [1.807, 2.05) is 6.07 Å². The molecule has 1 atom stereocenters. The van der Waals surface area contributed by atoms with Crippen molar-refractivity contribution in [1.82, 2.24) is 19.2 Å². The van der Waals surface area contributed by atoms with E-state index < -0.39 is 6.10 Å². The van der Waals surface area contributed by atoms with E-state index in [2.05, 4.69) is 39.7 Å².